The zero-order valence-electron chi connectivity index (χ0n) is 21.1. The predicted molar refractivity (Wildman–Crippen MR) is 142 cm³/mol. The number of ether oxygens (including phenoxy) is 1. The van der Waals surface area contributed by atoms with Gasteiger partial charge in [0.1, 0.15) is 11.6 Å². The van der Waals surface area contributed by atoms with Crippen LogP contribution in [0, 0.1) is 5.82 Å². The van der Waals surface area contributed by atoms with E-state index >= 15 is 0 Å². The number of piperidine rings is 1. The molecule has 37 heavy (non-hydrogen) atoms. The van der Waals surface area contributed by atoms with Gasteiger partial charge in [-0.2, -0.15) is 0 Å². The second kappa shape index (κ2) is 11.1. The molecule has 6 nitrogen and oxygen atoms in total. The molecule has 2 heterocycles. The lowest BCUT2D eigenvalue weighted by molar-refractivity contribution is -0.117. The van der Waals surface area contributed by atoms with Crippen LogP contribution in [0.3, 0.4) is 0 Å². The van der Waals surface area contributed by atoms with Gasteiger partial charge in [0, 0.05) is 50.4 Å². The van der Waals surface area contributed by atoms with Crippen molar-refractivity contribution in [1.82, 2.24) is 15.1 Å². The standard InChI is InChI=1S/C30H32FN3O3/c1-37-28-8-5-23(6-9-28)30(36)34-14-10-21(11-15-34)17-29(35)32-27-12-13-33(20-27)19-22-2-3-25-18-26(31)7-4-24(25)16-22/h2-9,16-18,27H,10-15,19-20H2,1H3,(H,32,35). The number of fused-ring (bicyclic) bond motifs is 1. The van der Waals surface area contributed by atoms with Crippen molar-refractivity contribution in [2.24, 2.45) is 0 Å². The molecule has 0 spiro atoms. The summed E-state index contributed by atoms with van der Waals surface area (Å²) in [6.45, 7) is 3.75. The molecule has 2 fully saturated rings. The zero-order chi connectivity index (χ0) is 25.8. The normalized spacial score (nSPS) is 18.2. The number of nitrogens with zero attached hydrogens (tertiary/aromatic N) is 2. The molecule has 2 aliphatic heterocycles. The number of carbonyl (C=O) groups is 2. The van der Waals surface area contributed by atoms with Crippen LogP contribution in [0.1, 0.15) is 35.2 Å². The van der Waals surface area contributed by atoms with Crippen LogP contribution in [0.4, 0.5) is 4.39 Å². The summed E-state index contributed by atoms with van der Waals surface area (Å²) in [5, 5.41) is 5.09. The lowest BCUT2D eigenvalue weighted by atomic mass is 10.0. The molecule has 2 aliphatic rings. The first-order valence-corrected chi connectivity index (χ1v) is 12.8. The van der Waals surface area contributed by atoms with Crippen molar-refractivity contribution in [2.45, 2.75) is 31.8 Å². The largest absolute Gasteiger partial charge is 0.497 e. The average molecular weight is 502 g/mol. The topological polar surface area (TPSA) is 61.9 Å². The second-order valence-corrected chi connectivity index (χ2v) is 9.88. The van der Waals surface area contributed by atoms with Crippen LogP contribution in [0.5, 0.6) is 5.75 Å². The van der Waals surface area contributed by atoms with E-state index in [1.54, 1.807) is 43.5 Å². The fraction of sp³-hybridized carbons (Fsp3) is 0.333. The Morgan fingerprint density at radius 2 is 1.73 bits per heavy atom. The van der Waals surface area contributed by atoms with Gasteiger partial charge in [-0.25, -0.2) is 4.39 Å². The van der Waals surface area contributed by atoms with Gasteiger partial charge in [0.25, 0.3) is 5.91 Å². The van der Waals surface area contributed by atoms with E-state index in [1.165, 1.54) is 11.6 Å². The van der Waals surface area contributed by atoms with Gasteiger partial charge in [0.15, 0.2) is 0 Å². The SMILES string of the molecule is COc1ccc(C(=O)N2CCC(=CC(=O)NC3CCN(Cc4ccc5cc(F)ccc5c4)C3)CC2)cc1. The molecule has 2 saturated heterocycles. The first-order valence-electron chi connectivity index (χ1n) is 12.8. The molecule has 1 N–H and O–H groups in total. The minimum Gasteiger partial charge on any atom is -0.497 e. The lowest BCUT2D eigenvalue weighted by Gasteiger charge is -2.28. The number of methoxy groups -OCH3 is 1. The van der Waals surface area contributed by atoms with Gasteiger partial charge in [0.05, 0.1) is 7.11 Å². The molecule has 1 unspecified atom stereocenters. The van der Waals surface area contributed by atoms with Crippen LogP contribution in [0.15, 0.2) is 72.3 Å². The molecule has 192 valence electrons. The van der Waals surface area contributed by atoms with E-state index in [2.05, 4.69) is 16.3 Å². The highest BCUT2D eigenvalue weighted by Gasteiger charge is 2.25. The van der Waals surface area contributed by atoms with E-state index in [-0.39, 0.29) is 23.7 Å². The Kier molecular flexibility index (Phi) is 7.51. The van der Waals surface area contributed by atoms with Gasteiger partial charge in [0.2, 0.25) is 5.91 Å². The molecule has 3 aromatic carbocycles. The molecule has 5 rings (SSSR count). The molecule has 0 aliphatic carbocycles. The minimum absolute atomic E-state index is 0.00998. The number of rotatable bonds is 6. The molecule has 7 heteroatoms. The maximum Gasteiger partial charge on any atom is 0.253 e. The number of hydrogen-bond acceptors (Lipinski definition) is 4. The molecule has 0 bridgehead atoms. The van der Waals surface area contributed by atoms with Crippen LogP contribution in [0.25, 0.3) is 10.8 Å². The summed E-state index contributed by atoms with van der Waals surface area (Å²) in [4.78, 5) is 29.6. The van der Waals surface area contributed by atoms with Crippen molar-refractivity contribution >= 4 is 22.6 Å². The third kappa shape index (κ3) is 6.17. The number of carbonyl (C=O) groups excluding carboxylic acids is 2. The summed E-state index contributed by atoms with van der Waals surface area (Å²) >= 11 is 0. The number of hydrogen-bond donors (Lipinski definition) is 1. The quantitative estimate of drug-likeness (QED) is 0.504. The van der Waals surface area contributed by atoms with Crippen molar-refractivity contribution in [1.29, 1.82) is 0 Å². The van der Waals surface area contributed by atoms with Crippen LogP contribution in [-0.4, -0.2) is 60.9 Å². The Morgan fingerprint density at radius 3 is 2.49 bits per heavy atom. The number of halogens is 1. The highest BCUT2D eigenvalue weighted by molar-refractivity contribution is 5.94. The lowest BCUT2D eigenvalue weighted by Crippen LogP contribution is -2.38. The second-order valence-electron chi connectivity index (χ2n) is 9.88. The molecule has 3 aromatic rings. The highest BCUT2D eigenvalue weighted by Crippen LogP contribution is 2.22. The van der Waals surface area contributed by atoms with Gasteiger partial charge in [-0.1, -0.05) is 23.8 Å². The van der Waals surface area contributed by atoms with Crippen molar-refractivity contribution in [3.63, 3.8) is 0 Å². The Morgan fingerprint density at radius 1 is 1.00 bits per heavy atom. The molecule has 0 saturated carbocycles. The van der Waals surface area contributed by atoms with Crippen molar-refractivity contribution in [2.75, 3.05) is 33.3 Å². The van der Waals surface area contributed by atoms with E-state index in [9.17, 15) is 14.0 Å². The third-order valence-corrected chi connectivity index (χ3v) is 7.26. The van der Waals surface area contributed by atoms with Gasteiger partial charge >= 0.3 is 0 Å². The Labute approximate surface area is 216 Å². The molecule has 0 aromatic heterocycles. The van der Waals surface area contributed by atoms with E-state index in [0.29, 0.717) is 31.5 Å². The van der Waals surface area contributed by atoms with Crippen LogP contribution in [-0.2, 0) is 11.3 Å². The van der Waals surface area contributed by atoms with Gasteiger partial charge in [-0.05, 0) is 78.1 Å². The molecular formula is C30H32FN3O3. The van der Waals surface area contributed by atoms with Crippen LogP contribution < -0.4 is 10.1 Å². The number of amides is 2. The maximum atomic E-state index is 13.4. The first kappa shape index (κ1) is 25.0. The molecular weight excluding hydrogens is 469 g/mol. The minimum atomic E-state index is -0.221. The Hall–Kier alpha value is -3.71. The first-order chi connectivity index (χ1) is 18.0. The highest BCUT2D eigenvalue weighted by atomic mass is 19.1. The average Bonchev–Trinajstić information content (AvgIpc) is 3.35. The Balaban J connectivity index is 1.08. The summed E-state index contributed by atoms with van der Waals surface area (Å²) in [6, 6.07) is 18.2. The van der Waals surface area contributed by atoms with E-state index < -0.39 is 0 Å². The summed E-state index contributed by atoms with van der Waals surface area (Å²) in [7, 11) is 1.60. The molecule has 2 amide bonds. The fourth-order valence-electron chi connectivity index (χ4n) is 5.20. The summed E-state index contributed by atoms with van der Waals surface area (Å²) in [5.74, 6) is 0.463. The van der Waals surface area contributed by atoms with Crippen molar-refractivity contribution < 1.29 is 18.7 Å². The fourth-order valence-corrected chi connectivity index (χ4v) is 5.20. The summed E-state index contributed by atoms with van der Waals surface area (Å²) < 4.78 is 18.6. The summed E-state index contributed by atoms with van der Waals surface area (Å²) in [5.41, 5.74) is 2.91. The number of likely N-dealkylation sites (tertiary alicyclic amines) is 2. The van der Waals surface area contributed by atoms with E-state index in [0.717, 1.165) is 48.2 Å². The van der Waals surface area contributed by atoms with Crippen LogP contribution >= 0.6 is 0 Å². The molecule has 1 atom stereocenters. The third-order valence-electron chi connectivity index (χ3n) is 7.26. The number of nitrogens with one attached hydrogen (secondary N) is 1. The van der Waals surface area contributed by atoms with Crippen molar-refractivity contribution in [3.05, 3.63) is 89.3 Å². The monoisotopic (exact) mass is 501 g/mol. The number of benzene rings is 3. The maximum absolute atomic E-state index is 13.4. The predicted octanol–water partition coefficient (Wildman–Crippen LogP) is 4.54. The van der Waals surface area contributed by atoms with Gasteiger partial charge in [-0.15, -0.1) is 0 Å². The molecule has 0 radical (unpaired) electrons. The van der Waals surface area contributed by atoms with Gasteiger partial charge in [-0.3, -0.25) is 14.5 Å². The smallest absolute Gasteiger partial charge is 0.253 e. The van der Waals surface area contributed by atoms with E-state index in [4.69, 9.17) is 4.74 Å². The zero-order valence-corrected chi connectivity index (χ0v) is 21.1. The van der Waals surface area contributed by atoms with Crippen molar-refractivity contribution in [3.8, 4) is 5.75 Å². The van der Waals surface area contributed by atoms with E-state index in [1.807, 2.05) is 23.1 Å². The van der Waals surface area contributed by atoms with Gasteiger partial charge < -0.3 is 15.0 Å². The van der Waals surface area contributed by atoms with Crippen LogP contribution in [0.2, 0.25) is 0 Å². The summed E-state index contributed by atoms with van der Waals surface area (Å²) in [6.07, 6.45) is 4.05. The Bertz CT molecular complexity index is 1310.